The first-order valence-electron chi connectivity index (χ1n) is 7.03. The van der Waals surface area contributed by atoms with Gasteiger partial charge < -0.3 is 0 Å². The van der Waals surface area contributed by atoms with Gasteiger partial charge in [0, 0.05) is 13.1 Å². The van der Waals surface area contributed by atoms with Crippen LogP contribution in [-0.4, -0.2) is 25.8 Å². The molecule has 1 fully saturated rings. The molecule has 3 nitrogen and oxygen atoms in total. The Balaban J connectivity index is 2.45. The molecule has 1 saturated heterocycles. The predicted octanol–water partition coefficient (Wildman–Crippen LogP) is 3.30. The Morgan fingerprint density at radius 2 is 1.70 bits per heavy atom. The highest BCUT2D eigenvalue weighted by Crippen LogP contribution is 2.28. The molecule has 0 N–H and O–H groups in total. The van der Waals surface area contributed by atoms with Crippen LogP contribution in [0.4, 0.5) is 4.39 Å². The average Bonchev–Trinajstić information content (AvgIpc) is 2.38. The van der Waals surface area contributed by atoms with Crippen molar-refractivity contribution < 1.29 is 12.8 Å². The van der Waals surface area contributed by atoms with E-state index < -0.39 is 15.8 Å². The fourth-order valence-electron chi connectivity index (χ4n) is 2.41. The summed E-state index contributed by atoms with van der Waals surface area (Å²) in [6.45, 7) is 6.93. The summed E-state index contributed by atoms with van der Waals surface area (Å²) < 4.78 is 40.6. The minimum Gasteiger partial charge on any atom is -0.207 e. The highest BCUT2D eigenvalue weighted by molar-refractivity contribution is 7.89. The summed E-state index contributed by atoms with van der Waals surface area (Å²) in [7, 11) is -3.72. The Kier molecular flexibility index (Phi) is 4.21. The Labute approximate surface area is 120 Å². The first-order chi connectivity index (χ1) is 9.23. The molecule has 1 aromatic rings. The maximum atomic E-state index is 14.0. The maximum absolute atomic E-state index is 14.0. The predicted molar refractivity (Wildman–Crippen MR) is 77.7 cm³/mol. The van der Waals surface area contributed by atoms with Crippen LogP contribution in [0.15, 0.2) is 23.1 Å². The van der Waals surface area contributed by atoms with Crippen LogP contribution in [-0.2, 0) is 15.4 Å². The first-order valence-corrected chi connectivity index (χ1v) is 8.47. The number of nitrogens with zero attached hydrogens (tertiary/aromatic N) is 1. The first kappa shape index (κ1) is 15.4. The maximum Gasteiger partial charge on any atom is 0.245 e. The van der Waals surface area contributed by atoms with E-state index in [2.05, 4.69) is 0 Å². The molecule has 0 atom stereocenters. The Hall–Kier alpha value is -0.940. The second kappa shape index (κ2) is 5.45. The molecule has 1 heterocycles. The van der Waals surface area contributed by atoms with Crippen molar-refractivity contribution in [1.29, 1.82) is 0 Å². The summed E-state index contributed by atoms with van der Waals surface area (Å²) in [5.74, 6) is -0.663. The molecule has 5 heteroatoms. The van der Waals surface area contributed by atoms with Crippen LogP contribution in [0.3, 0.4) is 0 Å². The van der Waals surface area contributed by atoms with Gasteiger partial charge in [-0.15, -0.1) is 0 Å². The second-order valence-corrected chi connectivity index (χ2v) is 8.27. The molecule has 0 aromatic heterocycles. The molecule has 0 unspecified atom stereocenters. The fourth-order valence-corrected chi connectivity index (χ4v) is 4.02. The van der Waals surface area contributed by atoms with E-state index in [1.807, 2.05) is 20.8 Å². The summed E-state index contributed by atoms with van der Waals surface area (Å²) >= 11 is 0. The SMILES string of the molecule is CC(C)(C)c1ccc(F)c(S(=O)(=O)N2CCCCC2)c1. The van der Waals surface area contributed by atoms with Crippen LogP contribution in [0.5, 0.6) is 0 Å². The molecule has 0 saturated carbocycles. The third-order valence-electron chi connectivity index (χ3n) is 3.73. The summed E-state index contributed by atoms with van der Waals surface area (Å²) in [6, 6.07) is 4.40. The van der Waals surface area contributed by atoms with E-state index in [4.69, 9.17) is 0 Å². The van der Waals surface area contributed by atoms with Crippen LogP contribution < -0.4 is 0 Å². The van der Waals surface area contributed by atoms with Gasteiger partial charge in [-0.25, -0.2) is 12.8 Å². The summed E-state index contributed by atoms with van der Waals surface area (Å²) in [6.07, 6.45) is 2.73. The highest BCUT2D eigenvalue weighted by Gasteiger charge is 2.29. The normalized spacial score (nSPS) is 18.2. The van der Waals surface area contributed by atoms with Crippen molar-refractivity contribution in [2.45, 2.75) is 50.3 Å². The van der Waals surface area contributed by atoms with Gasteiger partial charge in [-0.2, -0.15) is 4.31 Å². The van der Waals surface area contributed by atoms with Crippen LogP contribution in [0.2, 0.25) is 0 Å². The molecule has 0 radical (unpaired) electrons. The second-order valence-electron chi connectivity index (χ2n) is 6.36. The number of rotatable bonds is 2. The zero-order chi connectivity index (χ0) is 15.0. The van der Waals surface area contributed by atoms with Gasteiger partial charge in [-0.3, -0.25) is 0 Å². The summed E-state index contributed by atoms with van der Waals surface area (Å²) in [4.78, 5) is -0.188. The molecule has 2 rings (SSSR count). The van der Waals surface area contributed by atoms with E-state index in [1.54, 1.807) is 6.07 Å². The Bertz CT molecular complexity index is 584. The molecule has 1 aliphatic rings. The van der Waals surface area contributed by atoms with Gasteiger partial charge in [0.2, 0.25) is 10.0 Å². The van der Waals surface area contributed by atoms with Gasteiger partial charge in [0.1, 0.15) is 10.7 Å². The largest absolute Gasteiger partial charge is 0.245 e. The lowest BCUT2D eigenvalue weighted by molar-refractivity contribution is 0.345. The lowest BCUT2D eigenvalue weighted by atomic mass is 9.87. The van der Waals surface area contributed by atoms with Gasteiger partial charge in [-0.1, -0.05) is 33.3 Å². The monoisotopic (exact) mass is 299 g/mol. The van der Waals surface area contributed by atoms with Gasteiger partial charge in [0.25, 0.3) is 0 Å². The zero-order valence-corrected chi connectivity index (χ0v) is 13.1. The quantitative estimate of drug-likeness (QED) is 0.840. The third kappa shape index (κ3) is 3.04. The fraction of sp³-hybridized carbons (Fsp3) is 0.600. The van der Waals surface area contributed by atoms with E-state index in [0.29, 0.717) is 13.1 Å². The molecule has 1 aromatic carbocycles. The summed E-state index contributed by atoms with van der Waals surface area (Å²) in [5.41, 5.74) is 0.620. The van der Waals surface area contributed by atoms with Crippen LogP contribution in [0.25, 0.3) is 0 Å². The van der Waals surface area contributed by atoms with Crippen molar-refractivity contribution in [3.05, 3.63) is 29.6 Å². The molecule has 0 spiro atoms. The van der Waals surface area contributed by atoms with Crippen molar-refractivity contribution in [2.24, 2.45) is 0 Å². The average molecular weight is 299 g/mol. The van der Waals surface area contributed by atoms with E-state index >= 15 is 0 Å². The Morgan fingerprint density at radius 3 is 2.25 bits per heavy atom. The third-order valence-corrected chi connectivity index (χ3v) is 5.64. The molecule has 0 aliphatic carbocycles. The van der Waals surface area contributed by atoms with Crippen molar-refractivity contribution in [1.82, 2.24) is 4.31 Å². The molecule has 0 amide bonds. The van der Waals surface area contributed by atoms with Crippen LogP contribution in [0, 0.1) is 5.82 Å². The number of halogens is 1. The number of sulfonamides is 1. The van der Waals surface area contributed by atoms with Gasteiger partial charge in [0.15, 0.2) is 0 Å². The van der Waals surface area contributed by atoms with Crippen LogP contribution >= 0.6 is 0 Å². The van der Waals surface area contributed by atoms with E-state index in [-0.39, 0.29) is 10.3 Å². The van der Waals surface area contributed by atoms with E-state index in [0.717, 1.165) is 24.8 Å². The lowest BCUT2D eigenvalue weighted by Gasteiger charge is -2.27. The van der Waals surface area contributed by atoms with Gasteiger partial charge >= 0.3 is 0 Å². The number of hydrogen-bond acceptors (Lipinski definition) is 2. The minimum atomic E-state index is -3.72. The van der Waals surface area contributed by atoms with E-state index in [9.17, 15) is 12.8 Å². The molecular formula is C15H22FNO2S. The smallest absolute Gasteiger partial charge is 0.207 e. The minimum absolute atomic E-state index is 0.188. The molecule has 20 heavy (non-hydrogen) atoms. The number of benzene rings is 1. The summed E-state index contributed by atoms with van der Waals surface area (Å²) in [5, 5.41) is 0. The van der Waals surface area contributed by atoms with Crippen molar-refractivity contribution >= 4 is 10.0 Å². The van der Waals surface area contributed by atoms with Gasteiger partial charge in [0.05, 0.1) is 0 Å². The molecular weight excluding hydrogens is 277 g/mol. The lowest BCUT2D eigenvalue weighted by Crippen LogP contribution is -2.36. The molecule has 112 valence electrons. The van der Waals surface area contributed by atoms with Gasteiger partial charge in [-0.05, 0) is 36.0 Å². The van der Waals surface area contributed by atoms with E-state index in [1.165, 1.54) is 16.4 Å². The molecule has 0 bridgehead atoms. The molecule has 1 aliphatic heterocycles. The standard InChI is InChI=1S/C15H22FNO2S/c1-15(2,3)12-7-8-13(16)14(11-12)20(18,19)17-9-5-4-6-10-17/h7-8,11H,4-6,9-10H2,1-3H3. The van der Waals surface area contributed by atoms with Crippen molar-refractivity contribution in [2.75, 3.05) is 13.1 Å². The topological polar surface area (TPSA) is 37.4 Å². The van der Waals surface area contributed by atoms with Crippen molar-refractivity contribution in [3.8, 4) is 0 Å². The highest BCUT2D eigenvalue weighted by atomic mass is 32.2. The van der Waals surface area contributed by atoms with Crippen molar-refractivity contribution in [3.63, 3.8) is 0 Å². The zero-order valence-electron chi connectivity index (χ0n) is 12.3. The number of hydrogen-bond donors (Lipinski definition) is 0. The van der Waals surface area contributed by atoms with Crippen LogP contribution in [0.1, 0.15) is 45.6 Å². The Morgan fingerprint density at radius 1 is 1.10 bits per heavy atom. The number of piperidine rings is 1.